The van der Waals surface area contributed by atoms with Crippen LogP contribution in [-0.2, 0) is 19.4 Å². The fourth-order valence-corrected chi connectivity index (χ4v) is 3.09. The molecule has 5 nitrogen and oxygen atoms in total. The van der Waals surface area contributed by atoms with E-state index in [2.05, 4.69) is 19.0 Å². The number of nitrogens with zero attached hydrogens (tertiary/aromatic N) is 2. The highest BCUT2D eigenvalue weighted by atomic mass is 16.5. The molecule has 0 saturated carbocycles. The van der Waals surface area contributed by atoms with Gasteiger partial charge in [-0.3, -0.25) is 4.79 Å². The lowest BCUT2D eigenvalue weighted by Gasteiger charge is -2.22. The quantitative estimate of drug-likeness (QED) is 0.812. The molecule has 1 aliphatic rings. The van der Waals surface area contributed by atoms with E-state index in [1.807, 2.05) is 17.0 Å². The number of unbranched alkanes of at least 4 members (excludes halogenated alkanes) is 1. The summed E-state index contributed by atoms with van der Waals surface area (Å²) in [4.78, 5) is 14.8. The van der Waals surface area contributed by atoms with Gasteiger partial charge in [0.2, 0.25) is 0 Å². The number of carbonyl (C=O) groups excluding carboxylic acids is 1. The van der Waals surface area contributed by atoms with Crippen LogP contribution in [0.25, 0.3) is 0 Å². The molecule has 124 valence electrons. The number of fused-ring (bicyclic) bond motifs is 1. The van der Waals surface area contributed by atoms with Gasteiger partial charge in [-0.1, -0.05) is 25.4 Å². The average molecular weight is 316 g/mol. The van der Waals surface area contributed by atoms with Gasteiger partial charge >= 0.3 is 0 Å². The predicted molar refractivity (Wildman–Crippen MR) is 86.0 cm³/mol. The van der Waals surface area contributed by atoms with Crippen molar-refractivity contribution in [2.24, 2.45) is 5.92 Å². The van der Waals surface area contributed by atoms with Crippen LogP contribution in [0.1, 0.15) is 60.7 Å². The van der Waals surface area contributed by atoms with E-state index >= 15 is 0 Å². The van der Waals surface area contributed by atoms with Crippen molar-refractivity contribution in [1.29, 1.82) is 0 Å². The Kier molecular flexibility index (Phi) is 4.84. The molecule has 0 unspecified atom stereocenters. The van der Waals surface area contributed by atoms with Crippen LogP contribution in [-0.4, -0.2) is 22.5 Å². The molecule has 0 N–H and O–H groups in total. The van der Waals surface area contributed by atoms with E-state index in [4.69, 9.17) is 8.94 Å². The van der Waals surface area contributed by atoms with Gasteiger partial charge in [0.1, 0.15) is 11.5 Å². The third-order valence-electron chi connectivity index (χ3n) is 4.48. The van der Waals surface area contributed by atoms with Gasteiger partial charge in [0.05, 0.1) is 12.8 Å². The van der Waals surface area contributed by atoms with E-state index in [-0.39, 0.29) is 5.91 Å². The van der Waals surface area contributed by atoms with Crippen molar-refractivity contribution in [3.8, 4) is 0 Å². The third-order valence-corrected chi connectivity index (χ3v) is 4.48. The van der Waals surface area contributed by atoms with Gasteiger partial charge in [-0.05, 0) is 37.3 Å². The van der Waals surface area contributed by atoms with Gasteiger partial charge in [0.15, 0.2) is 5.69 Å². The van der Waals surface area contributed by atoms with E-state index in [1.165, 1.54) is 0 Å². The van der Waals surface area contributed by atoms with Crippen LogP contribution in [0.15, 0.2) is 27.3 Å². The Morgan fingerprint density at radius 3 is 3.09 bits per heavy atom. The van der Waals surface area contributed by atoms with Gasteiger partial charge in [-0.2, -0.15) is 0 Å². The number of rotatable bonds is 6. The van der Waals surface area contributed by atoms with E-state index in [9.17, 15) is 4.79 Å². The highest BCUT2D eigenvalue weighted by Gasteiger charge is 2.29. The molecule has 0 aromatic carbocycles. The van der Waals surface area contributed by atoms with Gasteiger partial charge in [0, 0.05) is 18.5 Å². The fraction of sp³-hybridized carbons (Fsp3) is 0.556. The Morgan fingerprint density at radius 1 is 1.48 bits per heavy atom. The number of aromatic nitrogens is 1. The summed E-state index contributed by atoms with van der Waals surface area (Å²) in [6.07, 6.45) is 6.49. The van der Waals surface area contributed by atoms with Crippen LogP contribution >= 0.6 is 0 Å². The zero-order valence-electron chi connectivity index (χ0n) is 13.9. The molecule has 0 aliphatic heterocycles. The number of furan rings is 1. The van der Waals surface area contributed by atoms with Crippen LogP contribution < -0.4 is 0 Å². The highest BCUT2D eigenvalue weighted by Crippen LogP contribution is 2.28. The molecule has 0 fully saturated rings. The van der Waals surface area contributed by atoms with Crippen molar-refractivity contribution in [3.63, 3.8) is 0 Å². The minimum Gasteiger partial charge on any atom is -0.467 e. The summed E-state index contributed by atoms with van der Waals surface area (Å²) in [6.45, 7) is 5.51. The van der Waals surface area contributed by atoms with Crippen LogP contribution in [0.3, 0.4) is 0 Å². The molecule has 2 aromatic rings. The maximum absolute atomic E-state index is 13.0. The van der Waals surface area contributed by atoms with Gasteiger partial charge in [-0.25, -0.2) is 0 Å². The summed E-state index contributed by atoms with van der Waals surface area (Å²) in [6, 6.07) is 3.74. The van der Waals surface area contributed by atoms with Gasteiger partial charge in [0.25, 0.3) is 5.91 Å². The summed E-state index contributed by atoms with van der Waals surface area (Å²) >= 11 is 0. The molecule has 0 saturated heterocycles. The summed E-state index contributed by atoms with van der Waals surface area (Å²) in [5.41, 5.74) is 1.50. The zero-order chi connectivity index (χ0) is 16.2. The zero-order valence-corrected chi connectivity index (χ0v) is 13.9. The van der Waals surface area contributed by atoms with Crippen LogP contribution in [0.2, 0.25) is 0 Å². The first-order valence-corrected chi connectivity index (χ1v) is 8.48. The van der Waals surface area contributed by atoms with Crippen molar-refractivity contribution in [3.05, 3.63) is 41.2 Å². The van der Waals surface area contributed by atoms with E-state index < -0.39 is 0 Å². The largest absolute Gasteiger partial charge is 0.467 e. The topological polar surface area (TPSA) is 59.5 Å². The molecule has 3 rings (SSSR count). The molecule has 0 radical (unpaired) electrons. The average Bonchev–Trinajstić information content (AvgIpc) is 3.19. The molecule has 2 aromatic heterocycles. The van der Waals surface area contributed by atoms with Crippen molar-refractivity contribution in [2.45, 2.75) is 52.5 Å². The SMILES string of the molecule is CCCCN(Cc1ccco1)C(=O)c1noc2c1C[C@H](C)CC2. The molecule has 23 heavy (non-hydrogen) atoms. The van der Waals surface area contributed by atoms with E-state index in [1.54, 1.807) is 6.26 Å². The molecule has 1 aliphatic carbocycles. The second kappa shape index (κ2) is 7.02. The minimum absolute atomic E-state index is 0.0473. The summed E-state index contributed by atoms with van der Waals surface area (Å²) < 4.78 is 10.8. The normalized spacial score (nSPS) is 17.0. The maximum atomic E-state index is 13.0. The Morgan fingerprint density at radius 2 is 2.35 bits per heavy atom. The second-order valence-corrected chi connectivity index (χ2v) is 6.44. The Labute approximate surface area is 136 Å². The molecule has 0 bridgehead atoms. The smallest absolute Gasteiger partial charge is 0.276 e. The van der Waals surface area contributed by atoms with Crippen molar-refractivity contribution >= 4 is 5.91 Å². The van der Waals surface area contributed by atoms with Crippen LogP contribution in [0, 0.1) is 5.92 Å². The monoisotopic (exact) mass is 316 g/mol. The van der Waals surface area contributed by atoms with Crippen molar-refractivity contribution in [2.75, 3.05) is 6.54 Å². The van der Waals surface area contributed by atoms with Crippen molar-refractivity contribution in [1.82, 2.24) is 10.1 Å². The third kappa shape index (κ3) is 3.49. The molecule has 2 heterocycles. The maximum Gasteiger partial charge on any atom is 0.276 e. The summed E-state index contributed by atoms with van der Waals surface area (Å²) in [5, 5.41) is 4.09. The first kappa shape index (κ1) is 15.8. The lowest BCUT2D eigenvalue weighted by atomic mass is 9.88. The molecule has 1 amide bonds. The molecule has 1 atom stereocenters. The Hall–Kier alpha value is -2.04. The summed E-state index contributed by atoms with van der Waals surface area (Å²) in [7, 11) is 0. The van der Waals surface area contributed by atoms with E-state index in [0.29, 0.717) is 24.7 Å². The standard InChI is InChI=1S/C18H24N2O3/c1-3-4-9-20(12-14-6-5-10-22-14)18(21)17-15-11-13(2)7-8-16(15)23-19-17/h5-6,10,13H,3-4,7-9,11-12H2,1-2H3/t13-/m1/s1. The number of aryl methyl sites for hydroxylation is 1. The number of amides is 1. The first-order valence-electron chi connectivity index (χ1n) is 8.48. The number of hydrogen-bond acceptors (Lipinski definition) is 4. The first-order chi connectivity index (χ1) is 11.2. The van der Waals surface area contributed by atoms with Crippen LogP contribution in [0.4, 0.5) is 0 Å². The fourth-order valence-electron chi connectivity index (χ4n) is 3.09. The number of carbonyl (C=O) groups is 1. The lowest BCUT2D eigenvalue weighted by molar-refractivity contribution is 0.0717. The number of hydrogen-bond donors (Lipinski definition) is 0. The minimum atomic E-state index is -0.0473. The molecule has 0 spiro atoms. The van der Waals surface area contributed by atoms with Gasteiger partial charge < -0.3 is 13.8 Å². The lowest BCUT2D eigenvalue weighted by Crippen LogP contribution is -2.32. The second-order valence-electron chi connectivity index (χ2n) is 6.44. The van der Waals surface area contributed by atoms with E-state index in [0.717, 1.165) is 49.2 Å². The van der Waals surface area contributed by atoms with Crippen LogP contribution in [0.5, 0.6) is 0 Å². The Balaban J connectivity index is 1.81. The highest BCUT2D eigenvalue weighted by molar-refractivity contribution is 5.93. The Bertz CT molecular complexity index is 645. The molecular formula is C18H24N2O3. The predicted octanol–water partition coefficient (Wildman–Crippen LogP) is 3.83. The molecular weight excluding hydrogens is 292 g/mol. The summed E-state index contributed by atoms with van der Waals surface area (Å²) in [5.74, 6) is 2.21. The van der Waals surface area contributed by atoms with Gasteiger partial charge in [-0.15, -0.1) is 0 Å². The van der Waals surface area contributed by atoms with Crippen molar-refractivity contribution < 1.29 is 13.7 Å². The molecule has 5 heteroatoms.